The van der Waals surface area contributed by atoms with Crippen LogP contribution in [0.3, 0.4) is 0 Å². The lowest BCUT2D eigenvalue weighted by Crippen LogP contribution is -2.36. The topological polar surface area (TPSA) is 75.7 Å². The fraction of sp³-hybridized carbons (Fsp3) is 0.318. The van der Waals surface area contributed by atoms with Crippen molar-refractivity contribution in [2.24, 2.45) is 0 Å². The summed E-state index contributed by atoms with van der Waals surface area (Å²) >= 11 is 0. The van der Waals surface area contributed by atoms with Crippen LogP contribution in [-0.4, -0.2) is 42.2 Å². The average molecular weight is 380 g/mol. The summed E-state index contributed by atoms with van der Waals surface area (Å²) in [6, 6.07) is 13.7. The molecule has 146 valence electrons. The maximum Gasteiger partial charge on any atom is 0.262 e. The molecule has 0 unspecified atom stereocenters. The lowest BCUT2D eigenvalue weighted by atomic mass is 10.1. The summed E-state index contributed by atoms with van der Waals surface area (Å²) in [5.41, 5.74) is 1.48. The van der Waals surface area contributed by atoms with Crippen LogP contribution in [0.4, 0.5) is 5.69 Å². The van der Waals surface area contributed by atoms with Crippen LogP contribution in [-0.2, 0) is 4.79 Å². The minimum atomic E-state index is -0.368. The Morgan fingerprint density at radius 2 is 1.75 bits per heavy atom. The zero-order valence-corrected chi connectivity index (χ0v) is 15.9. The molecule has 0 atom stereocenters. The summed E-state index contributed by atoms with van der Waals surface area (Å²) in [6.07, 6.45) is 3.16. The molecule has 1 saturated heterocycles. The Morgan fingerprint density at radius 3 is 2.50 bits per heavy atom. The van der Waals surface area contributed by atoms with Gasteiger partial charge in [-0.15, -0.1) is 0 Å². The molecular formula is C22H24N2O4. The number of rotatable bonds is 6. The van der Waals surface area contributed by atoms with Crippen LogP contribution in [0.5, 0.6) is 5.75 Å². The van der Waals surface area contributed by atoms with E-state index in [4.69, 9.17) is 4.74 Å². The molecule has 2 aromatic carbocycles. The Bertz CT molecular complexity index is 872. The first-order valence-corrected chi connectivity index (χ1v) is 9.46. The van der Waals surface area contributed by atoms with Crippen molar-refractivity contribution in [3.63, 3.8) is 0 Å². The largest absolute Gasteiger partial charge is 0.484 e. The molecule has 2 amide bonds. The van der Waals surface area contributed by atoms with E-state index in [1.165, 1.54) is 6.92 Å². The molecule has 0 aliphatic carbocycles. The van der Waals surface area contributed by atoms with Crippen molar-refractivity contribution in [3.8, 4) is 5.75 Å². The van der Waals surface area contributed by atoms with Gasteiger partial charge >= 0.3 is 0 Å². The first-order chi connectivity index (χ1) is 13.5. The molecule has 0 saturated carbocycles. The molecule has 1 aliphatic rings. The molecule has 6 nitrogen and oxygen atoms in total. The van der Waals surface area contributed by atoms with Gasteiger partial charge in [0.15, 0.2) is 12.4 Å². The van der Waals surface area contributed by atoms with Gasteiger partial charge in [0.05, 0.1) is 11.3 Å². The number of amides is 2. The van der Waals surface area contributed by atoms with E-state index >= 15 is 0 Å². The summed E-state index contributed by atoms with van der Waals surface area (Å²) in [4.78, 5) is 38.4. The first-order valence-electron chi connectivity index (χ1n) is 9.46. The van der Waals surface area contributed by atoms with E-state index in [-0.39, 0.29) is 24.2 Å². The second-order valence-corrected chi connectivity index (χ2v) is 6.82. The molecule has 2 aromatic rings. The van der Waals surface area contributed by atoms with E-state index in [2.05, 4.69) is 5.32 Å². The molecule has 6 heteroatoms. The summed E-state index contributed by atoms with van der Waals surface area (Å²) < 4.78 is 5.49. The zero-order valence-electron chi connectivity index (χ0n) is 15.9. The number of para-hydroxylation sites is 1. The number of ketones is 1. The number of nitrogens with one attached hydrogen (secondary N) is 1. The minimum absolute atomic E-state index is 0.0642. The monoisotopic (exact) mass is 380 g/mol. The van der Waals surface area contributed by atoms with Crippen LogP contribution in [0.25, 0.3) is 0 Å². The number of carbonyl (C=O) groups excluding carboxylic acids is 3. The highest BCUT2D eigenvalue weighted by Gasteiger charge is 2.21. The van der Waals surface area contributed by atoms with Crippen LogP contribution in [0.1, 0.15) is 46.9 Å². The summed E-state index contributed by atoms with van der Waals surface area (Å²) in [5.74, 6) is -0.0571. The Kier molecular flexibility index (Phi) is 6.42. The Balaban J connectivity index is 1.63. The third kappa shape index (κ3) is 4.97. The summed E-state index contributed by atoms with van der Waals surface area (Å²) in [5, 5.41) is 2.76. The molecule has 28 heavy (non-hydrogen) atoms. The van der Waals surface area contributed by atoms with E-state index < -0.39 is 0 Å². The smallest absolute Gasteiger partial charge is 0.262 e. The maximum absolute atomic E-state index is 12.8. The van der Waals surface area contributed by atoms with Gasteiger partial charge in [0, 0.05) is 18.7 Å². The number of nitrogens with zero attached hydrogens (tertiary/aromatic N) is 1. The van der Waals surface area contributed by atoms with Gasteiger partial charge in [0.2, 0.25) is 0 Å². The molecule has 0 bridgehead atoms. The molecule has 1 heterocycles. The molecule has 1 fully saturated rings. The van der Waals surface area contributed by atoms with Crippen LogP contribution < -0.4 is 10.1 Å². The highest BCUT2D eigenvalue weighted by Crippen LogP contribution is 2.20. The molecule has 1 aliphatic heterocycles. The molecule has 0 radical (unpaired) electrons. The van der Waals surface area contributed by atoms with E-state index in [9.17, 15) is 14.4 Å². The number of hydrogen-bond acceptors (Lipinski definition) is 4. The average Bonchev–Trinajstić information content (AvgIpc) is 2.73. The van der Waals surface area contributed by atoms with Crippen molar-refractivity contribution >= 4 is 23.3 Å². The van der Waals surface area contributed by atoms with Crippen LogP contribution in [0, 0.1) is 0 Å². The number of benzene rings is 2. The molecule has 3 rings (SSSR count). The standard InChI is InChI=1S/C22H24N2O4/c1-16(25)17-8-7-9-18(14-17)28-15-21(26)23-20-11-4-3-10-19(20)22(27)24-12-5-2-6-13-24/h3-4,7-11,14H,2,5-6,12-13,15H2,1H3,(H,23,26). The third-order valence-electron chi connectivity index (χ3n) is 4.69. The highest BCUT2D eigenvalue weighted by molar-refractivity contribution is 6.04. The van der Waals surface area contributed by atoms with Gasteiger partial charge in [-0.05, 0) is 50.5 Å². The zero-order chi connectivity index (χ0) is 19.9. The Morgan fingerprint density at radius 1 is 1.00 bits per heavy atom. The highest BCUT2D eigenvalue weighted by atomic mass is 16.5. The number of ether oxygens (including phenoxy) is 1. The molecule has 0 spiro atoms. The van der Waals surface area contributed by atoms with E-state index in [0.29, 0.717) is 22.6 Å². The SMILES string of the molecule is CC(=O)c1cccc(OCC(=O)Nc2ccccc2C(=O)N2CCCCC2)c1. The molecule has 1 N–H and O–H groups in total. The number of piperidine rings is 1. The quantitative estimate of drug-likeness (QED) is 0.778. The van der Waals surface area contributed by atoms with Gasteiger partial charge in [-0.1, -0.05) is 24.3 Å². The van der Waals surface area contributed by atoms with Crippen molar-refractivity contribution in [2.75, 3.05) is 25.0 Å². The van der Waals surface area contributed by atoms with Crippen molar-refractivity contribution < 1.29 is 19.1 Å². The van der Waals surface area contributed by atoms with Crippen LogP contribution >= 0.6 is 0 Å². The third-order valence-corrected chi connectivity index (χ3v) is 4.69. The number of hydrogen-bond donors (Lipinski definition) is 1. The lowest BCUT2D eigenvalue weighted by Gasteiger charge is -2.27. The summed E-state index contributed by atoms with van der Waals surface area (Å²) in [7, 11) is 0. The number of anilines is 1. The van der Waals surface area contributed by atoms with Crippen molar-refractivity contribution in [1.29, 1.82) is 0 Å². The van der Waals surface area contributed by atoms with Crippen molar-refractivity contribution in [3.05, 3.63) is 59.7 Å². The van der Waals surface area contributed by atoms with E-state index in [1.807, 2.05) is 4.90 Å². The van der Waals surface area contributed by atoms with Crippen LogP contribution in [0.2, 0.25) is 0 Å². The first kappa shape index (κ1) is 19.6. The fourth-order valence-corrected chi connectivity index (χ4v) is 3.19. The fourth-order valence-electron chi connectivity index (χ4n) is 3.19. The number of Topliss-reactive ketones (excluding diaryl/α,β-unsaturated/α-hetero) is 1. The van der Waals surface area contributed by atoms with Gasteiger partial charge in [-0.3, -0.25) is 14.4 Å². The van der Waals surface area contributed by atoms with Gasteiger partial charge < -0.3 is 15.0 Å². The Hall–Kier alpha value is -3.15. The number of carbonyl (C=O) groups is 3. The lowest BCUT2D eigenvalue weighted by molar-refractivity contribution is -0.118. The second kappa shape index (κ2) is 9.17. The summed E-state index contributed by atoms with van der Waals surface area (Å²) in [6.45, 7) is 2.75. The number of likely N-dealkylation sites (tertiary alicyclic amines) is 1. The van der Waals surface area contributed by atoms with Crippen molar-refractivity contribution in [2.45, 2.75) is 26.2 Å². The normalized spacial score (nSPS) is 13.7. The molecular weight excluding hydrogens is 356 g/mol. The van der Waals surface area contributed by atoms with Gasteiger partial charge in [-0.25, -0.2) is 0 Å². The van der Waals surface area contributed by atoms with Gasteiger partial charge in [-0.2, -0.15) is 0 Å². The maximum atomic E-state index is 12.8. The molecule has 0 aromatic heterocycles. The van der Waals surface area contributed by atoms with Crippen molar-refractivity contribution in [1.82, 2.24) is 4.90 Å². The van der Waals surface area contributed by atoms with E-state index in [1.54, 1.807) is 48.5 Å². The minimum Gasteiger partial charge on any atom is -0.484 e. The van der Waals surface area contributed by atoms with Crippen LogP contribution in [0.15, 0.2) is 48.5 Å². The predicted molar refractivity (Wildman–Crippen MR) is 107 cm³/mol. The predicted octanol–water partition coefficient (Wildman–Crippen LogP) is 3.53. The van der Waals surface area contributed by atoms with Gasteiger partial charge in [0.1, 0.15) is 5.75 Å². The van der Waals surface area contributed by atoms with Gasteiger partial charge in [0.25, 0.3) is 11.8 Å². The second-order valence-electron chi connectivity index (χ2n) is 6.82. The van der Waals surface area contributed by atoms with E-state index in [0.717, 1.165) is 32.4 Å². The Labute approximate surface area is 164 Å².